The highest BCUT2D eigenvalue weighted by Gasteiger charge is 2.45. The quantitative estimate of drug-likeness (QED) is 0.164. The van der Waals surface area contributed by atoms with Crippen LogP contribution in [-0.2, 0) is 5.41 Å². The van der Waals surface area contributed by atoms with E-state index in [1.165, 1.54) is 33.4 Å². The third kappa shape index (κ3) is 5.16. The lowest BCUT2D eigenvalue weighted by Gasteiger charge is -2.34. The summed E-state index contributed by atoms with van der Waals surface area (Å²) in [5.74, 6) is 0. The largest absolute Gasteiger partial charge is 0.254 e. The molecule has 0 saturated carbocycles. The molecular weight excluding hydrogens is 717 g/mol. The van der Waals surface area contributed by atoms with Crippen molar-refractivity contribution in [2.24, 2.45) is 0 Å². The Morgan fingerprint density at radius 2 is 0.661 bits per heavy atom. The van der Waals surface area contributed by atoms with Gasteiger partial charge in [-0.1, -0.05) is 170 Å². The zero-order valence-electron chi connectivity index (χ0n) is 31.9. The summed E-state index contributed by atoms with van der Waals surface area (Å²) < 4.78 is 0. The second kappa shape index (κ2) is 13.1. The maximum Gasteiger partial charge on any atom is 0.0972 e. The smallest absolute Gasteiger partial charge is 0.0972 e. The van der Waals surface area contributed by atoms with Gasteiger partial charge in [-0.25, -0.2) is 9.97 Å². The van der Waals surface area contributed by atoms with Crippen molar-refractivity contribution in [2.45, 2.75) is 5.41 Å². The van der Waals surface area contributed by atoms with Crippen molar-refractivity contribution in [1.29, 1.82) is 0 Å². The van der Waals surface area contributed by atoms with Crippen molar-refractivity contribution in [3.05, 3.63) is 229 Å². The van der Waals surface area contributed by atoms with Crippen LogP contribution in [-0.4, -0.2) is 19.9 Å². The first kappa shape index (κ1) is 33.3. The topological polar surface area (TPSA) is 51.6 Å². The molecule has 274 valence electrons. The molecule has 0 bridgehead atoms. The first-order valence-corrected chi connectivity index (χ1v) is 20.0. The molecule has 4 heterocycles. The Kier molecular flexibility index (Phi) is 7.41. The SMILES string of the molecule is c1ccc2c(c1)-c1ccccc1C2(c1ccc(-c2ccc(-c3ccc4ccc5cccnc5c4n3)cc2)cc1)c1ccc(-c2ccc3ccc4cccnc4c3n2)cc1. The van der Waals surface area contributed by atoms with Gasteiger partial charge in [-0.3, -0.25) is 9.97 Å². The van der Waals surface area contributed by atoms with Crippen LogP contribution in [0.15, 0.2) is 207 Å². The van der Waals surface area contributed by atoms with E-state index in [1.807, 2.05) is 24.5 Å². The van der Waals surface area contributed by atoms with Gasteiger partial charge in [-0.05, 0) is 68.8 Å². The van der Waals surface area contributed by atoms with E-state index in [1.54, 1.807) is 0 Å². The predicted octanol–water partition coefficient (Wildman–Crippen LogP) is 13.2. The fourth-order valence-corrected chi connectivity index (χ4v) is 9.43. The fourth-order valence-electron chi connectivity index (χ4n) is 9.43. The zero-order valence-corrected chi connectivity index (χ0v) is 31.9. The Morgan fingerprint density at radius 1 is 0.288 bits per heavy atom. The van der Waals surface area contributed by atoms with Gasteiger partial charge in [0, 0.05) is 45.1 Å². The molecule has 0 aliphatic heterocycles. The highest BCUT2D eigenvalue weighted by atomic mass is 14.8. The third-order valence-corrected chi connectivity index (χ3v) is 12.3. The highest BCUT2D eigenvalue weighted by Crippen LogP contribution is 2.56. The number of benzene rings is 7. The molecule has 1 aliphatic carbocycles. The maximum absolute atomic E-state index is 5.16. The van der Waals surface area contributed by atoms with Crippen molar-refractivity contribution in [3.63, 3.8) is 0 Å². The lowest BCUT2D eigenvalue weighted by molar-refractivity contribution is 0.769. The van der Waals surface area contributed by atoms with Gasteiger partial charge in [0.15, 0.2) is 0 Å². The maximum atomic E-state index is 5.16. The van der Waals surface area contributed by atoms with Crippen LogP contribution in [0.2, 0.25) is 0 Å². The Hall–Kier alpha value is -7.82. The van der Waals surface area contributed by atoms with Gasteiger partial charge in [0.2, 0.25) is 0 Å². The Labute approximate surface area is 341 Å². The molecule has 1 aliphatic rings. The predicted molar refractivity (Wildman–Crippen MR) is 241 cm³/mol. The average Bonchev–Trinajstić information content (AvgIpc) is 3.62. The van der Waals surface area contributed by atoms with E-state index in [9.17, 15) is 0 Å². The molecule has 0 spiro atoms. The molecule has 4 aromatic heterocycles. The van der Waals surface area contributed by atoms with Crippen LogP contribution in [0.1, 0.15) is 22.3 Å². The van der Waals surface area contributed by atoms with Gasteiger partial charge in [0.25, 0.3) is 0 Å². The lowest BCUT2D eigenvalue weighted by atomic mass is 9.67. The molecule has 4 nitrogen and oxygen atoms in total. The Balaban J connectivity index is 0.934. The van der Waals surface area contributed by atoms with E-state index in [2.05, 4.69) is 192 Å². The molecule has 0 unspecified atom stereocenters. The molecule has 12 rings (SSSR count). The van der Waals surface area contributed by atoms with Crippen molar-refractivity contribution >= 4 is 43.6 Å². The number of rotatable bonds is 5. The Bertz CT molecular complexity index is 3380. The summed E-state index contributed by atoms with van der Waals surface area (Å²) in [5.41, 5.74) is 17.1. The van der Waals surface area contributed by atoms with Crippen LogP contribution in [0.3, 0.4) is 0 Å². The summed E-state index contributed by atoms with van der Waals surface area (Å²) in [4.78, 5) is 19.6. The molecule has 0 atom stereocenters. The van der Waals surface area contributed by atoms with Crippen molar-refractivity contribution < 1.29 is 0 Å². The second-order valence-corrected chi connectivity index (χ2v) is 15.4. The Morgan fingerprint density at radius 3 is 1.14 bits per heavy atom. The highest BCUT2D eigenvalue weighted by molar-refractivity contribution is 6.04. The van der Waals surface area contributed by atoms with Gasteiger partial charge in [-0.15, -0.1) is 0 Å². The molecule has 4 heteroatoms. The molecule has 0 radical (unpaired) electrons. The van der Waals surface area contributed by atoms with Crippen LogP contribution >= 0.6 is 0 Å². The van der Waals surface area contributed by atoms with Crippen LogP contribution in [0.25, 0.3) is 88.4 Å². The van der Waals surface area contributed by atoms with E-state index in [0.29, 0.717) is 0 Å². The molecule has 59 heavy (non-hydrogen) atoms. The number of fused-ring (bicyclic) bond motifs is 9. The van der Waals surface area contributed by atoms with E-state index < -0.39 is 5.41 Å². The lowest BCUT2D eigenvalue weighted by Crippen LogP contribution is -2.28. The van der Waals surface area contributed by atoms with Crippen molar-refractivity contribution in [3.8, 4) is 44.8 Å². The van der Waals surface area contributed by atoms with Crippen LogP contribution in [0.5, 0.6) is 0 Å². The summed E-state index contributed by atoms with van der Waals surface area (Å²) in [6.45, 7) is 0. The van der Waals surface area contributed by atoms with Gasteiger partial charge in [0.05, 0.1) is 38.9 Å². The summed E-state index contributed by atoms with van der Waals surface area (Å²) in [6.07, 6.45) is 3.68. The van der Waals surface area contributed by atoms with E-state index >= 15 is 0 Å². The monoisotopic (exact) mass is 750 g/mol. The summed E-state index contributed by atoms with van der Waals surface area (Å²) in [6, 6.07) is 69.9. The second-order valence-electron chi connectivity index (χ2n) is 15.4. The minimum atomic E-state index is -0.508. The first-order valence-electron chi connectivity index (χ1n) is 20.0. The van der Waals surface area contributed by atoms with Crippen molar-refractivity contribution in [1.82, 2.24) is 19.9 Å². The van der Waals surface area contributed by atoms with E-state index in [-0.39, 0.29) is 0 Å². The third-order valence-electron chi connectivity index (χ3n) is 12.3. The molecule has 11 aromatic rings. The first-order chi connectivity index (χ1) is 29.2. The van der Waals surface area contributed by atoms with Crippen LogP contribution in [0, 0.1) is 0 Å². The van der Waals surface area contributed by atoms with Gasteiger partial charge in [-0.2, -0.15) is 0 Å². The summed E-state index contributed by atoms with van der Waals surface area (Å²) in [5, 5.41) is 4.36. The molecule has 0 N–H and O–H groups in total. The van der Waals surface area contributed by atoms with E-state index in [0.717, 1.165) is 77.3 Å². The fraction of sp³-hybridized carbons (Fsp3) is 0.0182. The number of pyridine rings is 4. The minimum Gasteiger partial charge on any atom is -0.254 e. The van der Waals surface area contributed by atoms with Gasteiger partial charge >= 0.3 is 0 Å². The molecule has 0 amide bonds. The molecular formula is C55H34N4. The van der Waals surface area contributed by atoms with Crippen LogP contribution < -0.4 is 0 Å². The number of hydrogen-bond donors (Lipinski definition) is 0. The molecule has 7 aromatic carbocycles. The molecule has 0 fully saturated rings. The summed E-state index contributed by atoms with van der Waals surface area (Å²) >= 11 is 0. The number of hydrogen-bond acceptors (Lipinski definition) is 4. The minimum absolute atomic E-state index is 0.508. The number of nitrogens with zero attached hydrogens (tertiary/aromatic N) is 4. The molecule has 0 saturated heterocycles. The zero-order chi connectivity index (χ0) is 38.9. The standard InChI is InChI=1S/C55H34N4/c1-3-11-47-45(9-1)46-10-2-4-12-48(46)55(47,44-29-23-38(24-30-44)50-32-26-42-20-18-40-8-6-34-57-52(40)54(42)59-50)43-27-21-36(22-28-43)35-13-15-37(16-14-35)49-31-25-41-19-17-39-7-5-33-56-51(39)53(41)58-49/h1-34H. The van der Waals surface area contributed by atoms with E-state index in [4.69, 9.17) is 9.97 Å². The van der Waals surface area contributed by atoms with Crippen molar-refractivity contribution in [2.75, 3.05) is 0 Å². The van der Waals surface area contributed by atoms with Gasteiger partial charge < -0.3 is 0 Å². The van der Waals surface area contributed by atoms with Crippen LogP contribution in [0.4, 0.5) is 0 Å². The average molecular weight is 751 g/mol. The van der Waals surface area contributed by atoms with Gasteiger partial charge in [0.1, 0.15) is 0 Å². The number of aromatic nitrogens is 4. The normalized spacial score (nSPS) is 12.9. The summed E-state index contributed by atoms with van der Waals surface area (Å²) in [7, 11) is 0.